The summed E-state index contributed by atoms with van der Waals surface area (Å²) in [6.45, 7) is -0.222. The van der Waals surface area contributed by atoms with Gasteiger partial charge in [0.15, 0.2) is 0 Å². The van der Waals surface area contributed by atoms with Crippen molar-refractivity contribution in [3.63, 3.8) is 0 Å². The summed E-state index contributed by atoms with van der Waals surface area (Å²) < 4.78 is 0. The largest absolute Gasteiger partial charge is 0.394 e. The van der Waals surface area contributed by atoms with Crippen LogP contribution in [0.15, 0.2) is 72.9 Å². The van der Waals surface area contributed by atoms with E-state index in [0.29, 0.717) is 11.3 Å². The number of carbonyl (C=O) groups excluding carboxylic acids is 2. The number of nitriles is 1. The van der Waals surface area contributed by atoms with Crippen molar-refractivity contribution in [2.24, 2.45) is 0 Å². The molecule has 1 aromatic heterocycles. The number of hydrogen-bond acceptors (Lipinski definition) is 5. The van der Waals surface area contributed by atoms with E-state index < -0.39 is 12.1 Å². The summed E-state index contributed by atoms with van der Waals surface area (Å²) in [4.78, 5) is 32.2. The third-order valence-corrected chi connectivity index (χ3v) is 6.24. The first-order valence-corrected chi connectivity index (χ1v) is 11.1. The molecule has 2 aromatic carbocycles. The number of amides is 2. The maximum atomic E-state index is 12.9. The third kappa shape index (κ3) is 4.41. The average Bonchev–Trinajstić information content (AvgIpc) is 2.84. The fourth-order valence-electron chi connectivity index (χ4n) is 4.46. The Kier molecular flexibility index (Phi) is 6.71. The van der Waals surface area contributed by atoms with Gasteiger partial charge in [-0.15, -0.1) is 0 Å². The lowest BCUT2D eigenvalue weighted by molar-refractivity contribution is -0.146. The van der Waals surface area contributed by atoms with E-state index in [9.17, 15) is 20.0 Å². The minimum atomic E-state index is -0.643. The second-order valence-electron chi connectivity index (χ2n) is 8.55. The maximum Gasteiger partial charge on any atom is 0.253 e. The predicted molar refractivity (Wildman–Crippen MR) is 128 cm³/mol. The number of carbonyl (C=O) groups is 2. The quantitative estimate of drug-likeness (QED) is 0.618. The summed E-state index contributed by atoms with van der Waals surface area (Å²) in [5.41, 5.74) is 4.10. The topological polar surface area (TPSA) is 97.5 Å². The number of aliphatic hydroxyl groups excluding tert-OH is 1. The molecular weight excluding hydrogens is 428 g/mol. The van der Waals surface area contributed by atoms with E-state index in [2.05, 4.69) is 11.1 Å². The highest BCUT2D eigenvalue weighted by molar-refractivity contribution is 5.94. The van der Waals surface area contributed by atoms with Crippen molar-refractivity contribution < 1.29 is 14.7 Å². The molecule has 3 aromatic rings. The van der Waals surface area contributed by atoms with Gasteiger partial charge in [-0.25, -0.2) is 0 Å². The van der Waals surface area contributed by atoms with Crippen LogP contribution in [-0.2, 0) is 11.2 Å². The van der Waals surface area contributed by atoms with E-state index in [1.165, 1.54) is 9.80 Å². The molecule has 0 unspecified atom stereocenters. The monoisotopic (exact) mass is 454 g/mol. The molecule has 172 valence electrons. The van der Waals surface area contributed by atoms with Crippen LogP contribution >= 0.6 is 0 Å². The molecule has 2 amide bonds. The molecule has 0 radical (unpaired) electrons. The molecule has 1 fully saturated rings. The minimum absolute atomic E-state index is 0.0494. The van der Waals surface area contributed by atoms with Crippen molar-refractivity contribution >= 4 is 11.8 Å². The Bertz CT molecular complexity index is 1200. The SMILES string of the molecule is CN(C)C(=O)c1ccc(-c2ccc([C@H]3[C@@H](C#N)N(C(=O)Cc4ccccn4)[C@H]3CO)cc2)cc1. The molecular formula is C27H26N4O3. The van der Waals surface area contributed by atoms with Crippen LogP contribution in [0.3, 0.4) is 0 Å². The lowest BCUT2D eigenvalue weighted by Crippen LogP contribution is -2.65. The number of aromatic nitrogens is 1. The van der Waals surface area contributed by atoms with Crippen LogP contribution in [0.5, 0.6) is 0 Å². The number of hydrogen-bond donors (Lipinski definition) is 1. The Morgan fingerprint density at radius 3 is 2.21 bits per heavy atom. The van der Waals surface area contributed by atoms with Gasteiger partial charge < -0.3 is 14.9 Å². The number of nitrogens with zero attached hydrogens (tertiary/aromatic N) is 4. The second-order valence-corrected chi connectivity index (χ2v) is 8.55. The molecule has 1 aliphatic heterocycles. The predicted octanol–water partition coefficient (Wildman–Crippen LogP) is 2.87. The Hall–Kier alpha value is -4.02. The standard InChI is InChI=1S/C27H26N4O3/c1-30(2)27(34)21-12-8-19(9-13-21)18-6-10-20(11-7-18)26-23(16-28)31(24(26)17-32)25(33)15-22-5-3-4-14-29-22/h3-14,23-24,26,32H,15,17H2,1-2H3/t23-,24+,26+/m1/s1. The highest BCUT2D eigenvalue weighted by Crippen LogP contribution is 2.41. The van der Waals surface area contributed by atoms with Crippen LogP contribution < -0.4 is 0 Å². The van der Waals surface area contributed by atoms with Crippen LogP contribution in [0, 0.1) is 11.3 Å². The molecule has 7 heteroatoms. The van der Waals surface area contributed by atoms with Gasteiger partial charge in [0.05, 0.1) is 25.1 Å². The number of pyridine rings is 1. The zero-order chi connectivity index (χ0) is 24.2. The van der Waals surface area contributed by atoms with Crippen LogP contribution in [-0.4, -0.2) is 64.5 Å². The van der Waals surface area contributed by atoms with Gasteiger partial charge in [-0.05, 0) is 41.0 Å². The zero-order valence-electron chi connectivity index (χ0n) is 19.1. The first kappa shape index (κ1) is 23.1. The van der Waals surface area contributed by atoms with E-state index >= 15 is 0 Å². The van der Waals surface area contributed by atoms with Crippen molar-refractivity contribution in [2.45, 2.75) is 24.4 Å². The molecule has 0 spiro atoms. The van der Waals surface area contributed by atoms with Crippen molar-refractivity contribution in [1.82, 2.24) is 14.8 Å². The van der Waals surface area contributed by atoms with Crippen LogP contribution in [0.1, 0.15) is 27.5 Å². The highest BCUT2D eigenvalue weighted by Gasteiger charge is 2.51. The fourth-order valence-corrected chi connectivity index (χ4v) is 4.46. The maximum absolute atomic E-state index is 12.9. The Labute approximate surface area is 198 Å². The number of likely N-dealkylation sites (tertiary alicyclic amines) is 1. The summed E-state index contributed by atoms with van der Waals surface area (Å²) in [6, 6.07) is 21.7. The van der Waals surface area contributed by atoms with Gasteiger partial charge in [0.25, 0.3) is 5.91 Å². The number of rotatable bonds is 6. The van der Waals surface area contributed by atoms with Crippen molar-refractivity contribution in [3.05, 3.63) is 89.7 Å². The van der Waals surface area contributed by atoms with E-state index in [1.54, 1.807) is 44.6 Å². The van der Waals surface area contributed by atoms with E-state index in [0.717, 1.165) is 16.7 Å². The molecule has 1 aliphatic rings. The minimum Gasteiger partial charge on any atom is -0.394 e. The van der Waals surface area contributed by atoms with Crippen LogP contribution in [0.2, 0.25) is 0 Å². The normalized spacial score (nSPS) is 19.1. The van der Waals surface area contributed by atoms with Gasteiger partial charge in [0, 0.05) is 37.5 Å². The highest BCUT2D eigenvalue weighted by atomic mass is 16.3. The van der Waals surface area contributed by atoms with Gasteiger partial charge >= 0.3 is 0 Å². The van der Waals surface area contributed by atoms with Crippen molar-refractivity contribution in [1.29, 1.82) is 5.26 Å². The molecule has 1 saturated heterocycles. The van der Waals surface area contributed by atoms with Crippen molar-refractivity contribution in [3.8, 4) is 17.2 Å². The fraction of sp³-hybridized carbons (Fsp3) is 0.259. The first-order chi connectivity index (χ1) is 16.4. The van der Waals surface area contributed by atoms with Crippen LogP contribution in [0.4, 0.5) is 0 Å². The second kappa shape index (κ2) is 9.86. The number of benzene rings is 2. The smallest absolute Gasteiger partial charge is 0.253 e. The Morgan fingerprint density at radius 2 is 1.68 bits per heavy atom. The number of aliphatic hydroxyl groups is 1. The lowest BCUT2D eigenvalue weighted by Gasteiger charge is -2.51. The molecule has 0 bridgehead atoms. The zero-order valence-corrected chi connectivity index (χ0v) is 19.1. The molecule has 7 nitrogen and oxygen atoms in total. The lowest BCUT2D eigenvalue weighted by atomic mass is 9.75. The van der Waals surface area contributed by atoms with Gasteiger partial charge in [-0.3, -0.25) is 14.6 Å². The first-order valence-electron chi connectivity index (χ1n) is 11.1. The molecule has 0 aliphatic carbocycles. The van der Waals surface area contributed by atoms with Gasteiger partial charge in [-0.1, -0.05) is 42.5 Å². The summed E-state index contributed by atoms with van der Waals surface area (Å²) in [6.07, 6.45) is 1.72. The van der Waals surface area contributed by atoms with Crippen molar-refractivity contribution in [2.75, 3.05) is 20.7 Å². The molecule has 3 atom stereocenters. The van der Waals surface area contributed by atoms with E-state index in [4.69, 9.17) is 0 Å². The summed E-state index contributed by atoms with van der Waals surface area (Å²) in [5, 5.41) is 19.8. The van der Waals surface area contributed by atoms with E-state index in [1.807, 2.05) is 42.5 Å². The average molecular weight is 455 g/mol. The van der Waals surface area contributed by atoms with Gasteiger partial charge in [0.2, 0.25) is 5.91 Å². The third-order valence-electron chi connectivity index (χ3n) is 6.24. The summed E-state index contributed by atoms with van der Waals surface area (Å²) in [5.74, 6) is -0.534. The van der Waals surface area contributed by atoms with E-state index in [-0.39, 0.29) is 30.8 Å². The Morgan fingerprint density at radius 1 is 1.03 bits per heavy atom. The molecule has 2 heterocycles. The summed E-state index contributed by atoms with van der Waals surface area (Å²) >= 11 is 0. The Balaban J connectivity index is 1.50. The summed E-state index contributed by atoms with van der Waals surface area (Å²) in [7, 11) is 3.44. The molecule has 1 N–H and O–H groups in total. The van der Waals surface area contributed by atoms with Gasteiger partial charge in [-0.2, -0.15) is 5.26 Å². The molecule has 0 saturated carbocycles. The van der Waals surface area contributed by atoms with Gasteiger partial charge in [0.1, 0.15) is 6.04 Å². The van der Waals surface area contributed by atoms with Crippen LogP contribution in [0.25, 0.3) is 11.1 Å². The molecule has 34 heavy (non-hydrogen) atoms. The molecule has 4 rings (SSSR count).